The first kappa shape index (κ1) is 17.6. The average molecular weight is 358 g/mol. The molecule has 2 aromatic carbocycles. The maximum atomic E-state index is 12.0. The van der Waals surface area contributed by atoms with Crippen molar-refractivity contribution < 1.29 is 13.2 Å². The molecule has 1 aliphatic rings. The van der Waals surface area contributed by atoms with Gasteiger partial charge in [-0.3, -0.25) is 10.1 Å². The van der Waals surface area contributed by atoms with E-state index in [4.69, 9.17) is 0 Å². The van der Waals surface area contributed by atoms with E-state index in [2.05, 4.69) is 10.6 Å². The van der Waals surface area contributed by atoms with E-state index in [9.17, 15) is 13.2 Å². The number of rotatable bonds is 5. The predicted molar refractivity (Wildman–Crippen MR) is 97.1 cm³/mol. The van der Waals surface area contributed by atoms with Crippen molar-refractivity contribution in [3.05, 3.63) is 65.2 Å². The summed E-state index contributed by atoms with van der Waals surface area (Å²) in [6.07, 6.45) is 1.91. The summed E-state index contributed by atoms with van der Waals surface area (Å²) in [5, 5.41) is 6.21. The summed E-state index contributed by atoms with van der Waals surface area (Å²) >= 11 is 0. The van der Waals surface area contributed by atoms with Crippen LogP contribution in [0.4, 0.5) is 0 Å². The first-order chi connectivity index (χ1) is 11.8. The number of sulfone groups is 1. The zero-order chi connectivity index (χ0) is 18.0. The van der Waals surface area contributed by atoms with Gasteiger partial charge in [-0.2, -0.15) is 0 Å². The molecule has 0 spiro atoms. The van der Waals surface area contributed by atoms with Crippen molar-refractivity contribution in [3.63, 3.8) is 0 Å². The van der Waals surface area contributed by atoms with Crippen LogP contribution >= 0.6 is 0 Å². The van der Waals surface area contributed by atoms with Gasteiger partial charge in [0, 0.05) is 12.8 Å². The maximum Gasteiger partial charge on any atom is 0.237 e. The minimum Gasteiger partial charge on any atom is -0.355 e. The zero-order valence-electron chi connectivity index (χ0n) is 14.3. The Labute approximate surface area is 148 Å². The third-order valence-corrected chi connectivity index (χ3v) is 5.56. The highest BCUT2D eigenvalue weighted by atomic mass is 32.2. The lowest BCUT2D eigenvalue weighted by atomic mass is 9.96. The second-order valence-electron chi connectivity index (χ2n) is 6.49. The van der Waals surface area contributed by atoms with Crippen LogP contribution in [0, 0.1) is 6.92 Å². The number of hydrogen-bond acceptors (Lipinski definition) is 4. The first-order valence-corrected chi connectivity index (χ1v) is 10.1. The number of carbonyl (C=O) groups excluding carboxylic acids is 1. The lowest BCUT2D eigenvalue weighted by molar-refractivity contribution is -0.121. The minimum absolute atomic E-state index is 0.0172. The summed E-state index contributed by atoms with van der Waals surface area (Å²) < 4.78 is 23.8. The molecule has 0 radical (unpaired) electrons. The lowest BCUT2D eigenvalue weighted by Crippen LogP contribution is -2.39. The summed E-state index contributed by atoms with van der Waals surface area (Å²) in [7, 11) is -3.29. The molecule has 1 aliphatic heterocycles. The lowest BCUT2D eigenvalue weighted by Gasteiger charge is -2.23. The molecule has 1 fully saturated rings. The highest BCUT2D eigenvalue weighted by Gasteiger charge is 2.28. The topological polar surface area (TPSA) is 75.3 Å². The van der Waals surface area contributed by atoms with Crippen LogP contribution in [-0.4, -0.2) is 33.2 Å². The van der Waals surface area contributed by atoms with E-state index in [1.165, 1.54) is 6.26 Å². The predicted octanol–water partition coefficient (Wildman–Crippen LogP) is 1.97. The van der Waals surface area contributed by atoms with Crippen LogP contribution in [0.5, 0.6) is 0 Å². The first-order valence-electron chi connectivity index (χ1n) is 8.25. The molecule has 2 atom stereocenters. The number of nitrogens with one attached hydrogen (secondary N) is 2. The molecule has 6 heteroatoms. The molecule has 2 aromatic rings. The van der Waals surface area contributed by atoms with Gasteiger partial charge in [0.05, 0.1) is 17.0 Å². The van der Waals surface area contributed by atoms with Gasteiger partial charge in [-0.05, 0) is 36.6 Å². The van der Waals surface area contributed by atoms with Gasteiger partial charge in [0.25, 0.3) is 0 Å². The molecular weight excluding hydrogens is 336 g/mol. The van der Waals surface area contributed by atoms with E-state index in [0.29, 0.717) is 13.0 Å². The number of carbonyl (C=O) groups is 1. The maximum absolute atomic E-state index is 12.0. The third kappa shape index (κ3) is 4.08. The normalized spacial score (nSPS) is 18.8. The number of benzene rings is 2. The molecule has 0 aromatic heterocycles. The average Bonchev–Trinajstić information content (AvgIpc) is 2.98. The number of hydrogen-bond donors (Lipinski definition) is 2. The van der Waals surface area contributed by atoms with Crippen molar-refractivity contribution in [1.29, 1.82) is 0 Å². The van der Waals surface area contributed by atoms with E-state index in [1.807, 2.05) is 37.3 Å². The smallest absolute Gasteiger partial charge is 0.237 e. The highest BCUT2D eigenvalue weighted by molar-refractivity contribution is 7.90. The molecule has 0 unspecified atom stereocenters. The molecule has 5 nitrogen and oxygen atoms in total. The Morgan fingerprint density at radius 3 is 2.44 bits per heavy atom. The number of amides is 1. The van der Waals surface area contributed by atoms with Crippen molar-refractivity contribution >= 4 is 15.7 Å². The Morgan fingerprint density at radius 1 is 1.12 bits per heavy atom. The largest absolute Gasteiger partial charge is 0.355 e. The molecule has 132 valence electrons. The van der Waals surface area contributed by atoms with Crippen molar-refractivity contribution in [3.8, 4) is 0 Å². The van der Waals surface area contributed by atoms with E-state index in [-0.39, 0.29) is 22.9 Å². The van der Waals surface area contributed by atoms with Gasteiger partial charge in [0.1, 0.15) is 0 Å². The fourth-order valence-corrected chi connectivity index (χ4v) is 3.70. The standard InChI is InChI=1S/C19H22N2O3S/c1-13-6-8-14(9-7-13)18(21-17-10-11-20-19(17)22)15-4-3-5-16(12-15)25(2,23)24/h3-9,12,17-18,21H,10-11H2,1-2H3,(H,20,22)/t17-,18+/m0/s1. The highest BCUT2D eigenvalue weighted by Crippen LogP contribution is 2.26. The Balaban J connectivity index is 2.01. The van der Waals surface area contributed by atoms with Crippen LogP contribution in [0.25, 0.3) is 0 Å². The van der Waals surface area contributed by atoms with Gasteiger partial charge in [-0.1, -0.05) is 42.0 Å². The van der Waals surface area contributed by atoms with E-state index < -0.39 is 9.84 Å². The molecule has 1 amide bonds. The van der Waals surface area contributed by atoms with Crippen molar-refractivity contribution in [2.45, 2.75) is 30.3 Å². The van der Waals surface area contributed by atoms with E-state index in [0.717, 1.165) is 16.7 Å². The molecule has 0 bridgehead atoms. The SMILES string of the molecule is Cc1ccc([C@@H](N[C@H]2CCNC2=O)c2cccc(S(C)(=O)=O)c2)cc1. The van der Waals surface area contributed by atoms with Crippen LogP contribution in [0.15, 0.2) is 53.4 Å². The van der Waals surface area contributed by atoms with Gasteiger partial charge in [-0.25, -0.2) is 8.42 Å². The third-order valence-electron chi connectivity index (χ3n) is 4.45. The Kier molecular flexibility index (Phi) is 4.92. The van der Waals surface area contributed by atoms with Crippen LogP contribution in [0.1, 0.15) is 29.2 Å². The summed E-state index contributed by atoms with van der Waals surface area (Å²) in [4.78, 5) is 12.3. The van der Waals surface area contributed by atoms with Crippen LogP contribution in [-0.2, 0) is 14.6 Å². The molecule has 1 heterocycles. The summed E-state index contributed by atoms with van der Waals surface area (Å²) in [6, 6.07) is 14.4. The fraction of sp³-hybridized carbons (Fsp3) is 0.316. The van der Waals surface area contributed by atoms with E-state index >= 15 is 0 Å². The monoisotopic (exact) mass is 358 g/mol. The second kappa shape index (κ2) is 6.98. The molecule has 2 N–H and O–H groups in total. The molecule has 25 heavy (non-hydrogen) atoms. The second-order valence-corrected chi connectivity index (χ2v) is 8.50. The molecule has 3 rings (SSSR count). The fourth-order valence-electron chi connectivity index (χ4n) is 3.02. The van der Waals surface area contributed by atoms with Gasteiger partial charge < -0.3 is 5.32 Å². The molecule has 0 saturated carbocycles. The Bertz CT molecular complexity index is 876. The summed E-state index contributed by atoms with van der Waals surface area (Å²) in [5.74, 6) is -0.0172. The van der Waals surface area contributed by atoms with Gasteiger partial charge in [-0.15, -0.1) is 0 Å². The zero-order valence-corrected chi connectivity index (χ0v) is 15.1. The summed E-state index contributed by atoms with van der Waals surface area (Å²) in [5.41, 5.74) is 2.97. The van der Waals surface area contributed by atoms with Crippen LogP contribution in [0.3, 0.4) is 0 Å². The quantitative estimate of drug-likeness (QED) is 0.857. The molecule has 0 aliphatic carbocycles. The van der Waals surface area contributed by atoms with Crippen LogP contribution < -0.4 is 10.6 Å². The van der Waals surface area contributed by atoms with E-state index in [1.54, 1.807) is 18.2 Å². The van der Waals surface area contributed by atoms with Gasteiger partial charge >= 0.3 is 0 Å². The molecular formula is C19H22N2O3S. The van der Waals surface area contributed by atoms with Crippen molar-refractivity contribution in [2.75, 3.05) is 12.8 Å². The van der Waals surface area contributed by atoms with Gasteiger partial charge in [0.15, 0.2) is 9.84 Å². The van der Waals surface area contributed by atoms with Crippen LogP contribution in [0.2, 0.25) is 0 Å². The molecule has 1 saturated heterocycles. The summed E-state index contributed by atoms with van der Waals surface area (Å²) in [6.45, 7) is 2.67. The minimum atomic E-state index is -3.29. The van der Waals surface area contributed by atoms with Gasteiger partial charge in [0.2, 0.25) is 5.91 Å². The Hall–Kier alpha value is -2.18. The van der Waals surface area contributed by atoms with Crippen molar-refractivity contribution in [2.24, 2.45) is 0 Å². The van der Waals surface area contributed by atoms with Crippen molar-refractivity contribution in [1.82, 2.24) is 10.6 Å². The Morgan fingerprint density at radius 2 is 1.84 bits per heavy atom. The number of aryl methyl sites for hydroxylation is 1.